The molecule has 0 saturated heterocycles. The van der Waals surface area contributed by atoms with E-state index in [1.165, 1.54) is 0 Å². The third-order valence-corrected chi connectivity index (χ3v) is 6.20. The highest BCUT2D eigenvalue weighted by Gasteiger charge is 2.19. The number of nitrogens with two attached hydrogens (primary N) is 1. The Labute approximate surface area is 204 Å². The smallest absolute Gasteiger partial charge is 0.271 e. The van der Waals surface area contributed by atoms with Crippen molar-refractivity contribution in [2.24, 2.45) is 0 Å². The van der Waals surface area contributed by atoms with Crippen molar-refractivity contribution in [2.75, 3.05) is 11.1 Å². The molecule has 2 aromatic carbocycles. The molecule has 0 fully saturated rings. The molecule has 8 heteroatoms. The molecular weight excluding hydrogens is 440 g/mol. The number of benzene rings is 2. The van der Waals surface area contributed by atoms with Crippen molar-refractivity contribution in [3.05, 3.63) is 100 Å². The highest BCUT2D eigenvalue weighted by molar-refractivity contribution is 5.92. The molecule has 0 atom stereocenters. The summed E-state index contributed by atoms with van der Waals surface area (Å²) in [7, 11) is 0. The largest absolute Gasteiger partial charge is 0.489 e. The maximum atomic E-state index is 12.8. The Bertz CT molecular complexity index is 1360. The molecule has 4 N–H and O–H groups in total. The summed E-state index contributed by atoms with van der Waals surface area (Å²) in [6, 6.07) is 18.0. The first-order valence-electron chi connectivity index (χ1n) is 11.6. The average molecular weight is 469 g/mol. The van der Waals surface area contributed by atoms with Crippen LogP contribution in [0.1, 0.15) is 44.3 Å². The fraction of sp³-hybridized carbons (Fsp3) is 0.222. The number of hydrogen-bond acceptors (Lipinski definition) is 6. The van der Waals surface area contributed by atoms with Crippen LogP contribution in [0.4, 0.5) is 11.5 Å². The second-order valence-corrected chi connectivity index (χ2v) is 8.73. The van der Waals surface area contributed by atoms with Gasteiger partial charge in [-0.3, -0.25) is 4.79 Å². The lowest BCUT2D eigenvalue weighted by atomic mass is 10.1. The van der Waals surface area contributed by atoms with Crippen LogP contribution in [0.15, 0.2) is 60.8 Å². The van der Waals surface area contributed by atoms with E-state index in [0.717, 1.165) is 45.2 Å². The van der Waals surface area contributed by atoms with Gasteiger partial charge in [0.05, 0.1) is 13.1 Å². The van der Waals surface area contributed by atoms with Crippen LogP contribution in [0.25, 0.3) is 0 Å². The van der Waals surface area contributed by atoms with Crippen LogP contribution in [0.2, 0.25) is 0 Å². The number of ether oxygens (including phenoxy) is 1. The van der Waals surface area contributed by atoms with Gasteiger partial charge < -0.3 is 25.7 Å². The van der Waals surface area contributed by atoms with Gasteiger partial charge in [0.1, 0.15) is 29.7 Å². The first kappa shape index (κ1) is 22.5. The highest BCUT2D eigenvalue weighted by atomic mass is 16.5. The molecule has 2 aromatic heterocycles. The predicted molar refractivity (Wildman–Crippen MR) is 135 cm³/mol. The molecule has 178 valence electrons. The first-order chi connectivity index (χ1) is 17.0. The molecule has 4 aromatic rings. The fourth-order valence-electron chi connectivity index (χ4n) is 4.30. The molecule has 35 heavy (non-hydrogen) atoms. The van der Waals surface area contributed by atoms with E-state index in [0.29, 0.717) is 37.8 Å². The van der Waals surface area contributed by atoms with Crippen molar-refractivity contribution in [1.82, 2.24) is 19.9 Å². The van der Waals surface area contributed by atoms with Gasteiger partial charge in [-0.25, -0.2) is 9.97 Å². The SMILES string of the molecule is Cc1cc(N)nc(C)c1CNC(=O)c1cn2c(n1)CNc1cc(OCc3ccccc3)ccc1C2. The Kier molecular flexibility index (Phi) is 6.10. The zero-order chi connectivity index (χ0) is 24.4. The number of aromatic nitrogens is 3. The Hall–Kier alpha value is -4.33. The molecule has 5 rings (SSSR count). The number of pyridine rings is 1. The molecular formula is C27H28N6O2. The number of aryl methyl sites for hydroxylation is 2. The maximum absolute atomic E-state index is 12.8. The van der Waals surface area contributed by atoms with Gasteiger partial charge in [0.15, 0.2) is 0 Å². The van der Waals surface area contributed by atoms with E-state index in [2.05, 4.69) is 26.7 Å². The summed E-state index contributed by atoms with van der Waals surface area (Å²) in [5.41, 5.74) is 12.2. The average Bonchev–Trinajstić information content (AvgIpc) is 3.17. The topological polar surface area (TPSA) is 107 Å². The van der Waals surface area contributed by atoms with Crippen LogP contribution in [-0.2, 0) is 26.2 Å². The van der Waals surface area contributed by atoms with Gasteiger partial charge in [0.25, 0.3) is 5.91 Å². The minimum absolute atomic E-state index is 0.217. The summed E-state index contributed by atoms with van der Waals surface area (Å²) in [5.74, 6) is 1.88. The molecule has 0 saturated carbocycles. The second kappa shape index (κ2) is 9.50. The summed E-state index contributed by atoms with van der Waals surface area (Å²) < 4.78 is 7.98. The normalized spacial score (nSPS) is 12.2. The quantitative estimate of drug-likeness (QED) is 0.395. The van der Waals surface area contributed by atoms with Crippen molar-refractivity contribution in [3.63, 3.8) is 0 Å². The number of nitrogens with one attached hydrogen (secondary N) is 2. The maximum Gasteiger partial charge on any atom is 0.271 e. The number of nitrogen functional groups attached to an aromatic ring is 1. The van der Waals surface area contributed by atoms with E-state index in [1.807, 2.05) is 73.1 Å². The van der Waals surface area contributed by atoms with Crippen molar-refractivity contribution in [3.8, 4) is 5.75 Å². The van der Waals surface area contributed by atoms with Crippen molar-refractivity contribution >= 4 is 17.4 Å². The Morgan fingerprint density at radius 1 is 1.14 bits per heavy atom. The first-order valence-corrected chi connectivity index (χ1v) is 11.6. The molecule has 0 spiro atoms. The van der Waals surface area contributed by atoms with E-state index in [1.54, 1.807) is 0 Å². The molecule has 0 aliphatic carbocycles. The third-order valence-electron chi connectivity index (χ3n) is 6.20. The lowest BCUT2D eigenvalue weighted by Crippen LogP contribution is -2.24. The summed E-state index contributed by atoms with van der Waals surface area (Å²) >= 11 is 0. The third kappa shape index (κ3) is 4.96. The summed E-state index contributed by atoms with van der Waals surface area (Å²) in [6.07, 6.45) is 1.81. The lowest BCUT2D eigenvalue weighted by molar-refractivity contribution is 0.0946. The number of amides is 1. The number of carbonyl (C=O) groups is 1. The fourth-order valence-corrected chi connectivity index (χ4v) is 4.30. The van der Waals surface area contributed by atoms with Crippen LogP contribution < -0.4 is 21.1 Å². The van der Waals surface area contributed by atoms with Crippen LogP contribution in [0.3, 0.4) is 0 Å². The molecule has 0 bridgehead atoms. The predicted octanol–water partition coefficient (Wildman–Crippen LogP) is 3.96. The zero-order valence-corrected chi connectivity index (χ0v) is 19.8. The van der Waals surface area contributed by atoms with Gasteiger partial charge in [0.2, 0.25) is 0 Å². The van der Waals surface area contributed by atoms with E-state index >= 15 is 0 Å². The summed E-state index contributed by atoms with van der Waals surface area (Å²) in [5, 5.41) is 6.40. The van der Waals surface area contributed by atoms with Crippen LogP contribution in [-0.4, -0.2) is 20.4 Å². The number of anilines is 2. The Balaban J connectivity index is 1.25. The summed E-state index contributed by atoms with van der Waals surface area (Å²) in [4.78, 5) is 21.7. The van der Waals surface area contributed by atoms with E-state index in [9.17, 15) is 4.79 Å². The van der Waals surface area contributed by atoms with Gasteiger partial charge in [-0.15, -0.1) is 0 Å². The molecule has 1 aliphatic heterocycles. The van der Waals surface area contributed by atoms with E-state index in [-0.39, 0.29) is 5.91 Å². The van der Waals surface area contributed by atoms with Gasteiger partial charge in [-0.2, -0.15) is 0 Å². The van der Waals surface area contributed by atoms with Gasteiger partial charge in [-0.1, -0.05) is 36.4 Å². The monoisotopic (exact) mass is 468 g/mol. The minimum Gasteiger partial charge on any atom is -0.489 e. The van der Waals surface area contributed by atoms with Crippen LogP contribution in [0.5, 0.6) is 5.75 Å². The summed E-state index contributed by atoms with van der Waals surface area (Å²) in [6.45, 7) is 5.89. The van der Waals surface area contributed by atoms with E-state index in [4.69, 9.17) is 10.5 Å². The second-order valence-electron chi connectivity index (χ2n) is 8.73. The van der Waals surface area contributed by atoms with Gasteiger partial charge in [-0.05, 0) is 48.2 Å². The zero-order valence-electron chi connectivity index (χ0n) is 19.8. The Morgan fingerprint density at radius 2 is 1.97 bits per heavy atom. The Morgan fingerprint density at radius 3 is 2.77 bits per heavy atom. The number of rotatable bonds is 6. The van der Waals surface area contributed by atoms with Gasteiger partial charge in [0, 0.05) is 30.2 Å². The highest BCUT2D eigenvalue weighted by Crippen LogP contribution is 2.27. The van der Waals surface area contributed by atoms with Crippen molar-refractivity contribution < 1.29 is 9.53 Å². The molecule has 0 unspecified atom stereocenters. The number of fused-ring (bicyclic) bond motifs is 2. The number of hydrogen-bond donors (Lipinski definition) is 3. The number of carbonyl (C=O) groups excluding carboxylic acids is 1. The molecule has 8 nitrogen and oxygen atoms in total. The lowest BCUT2D eigenvalue weighted by Gasteiger charge is -2.12. The number of imidazole rings is 1. The van der Waals surface area contributed by atoms with Crippen LogP contribution in [0, 0.1) is 13.8 Å². The van der Waals surface area contributed by atoms with Crippen molar-refractivity contribution in [1.29, 1.82) is 0 Å². The minimum atomic E-state index is -0.217. The molecule has 1 aliphatic rings. The van der Waals surface area contributed by atoms with Gasteiger partial charge >= 0.3 is 0 Å². The van der Waals surface area contributed by atoms with E-state index < -0.39 is 0 Å². The molecule has 3 heterocycles. The van der Waals surface area contributed by atoms with Crippen LogP contribution >= 0.6 is 0 Å². The molecule has 1 amide bonds. The van der Waals surface area contributed by atoms with Crippen molar-refractivity contribution in [2.45, 2.75) is 40.1 Å². The standard InChI is InChI=1S/C27H28N6O2/c1-17-10-25(28)31-18(2)22(17)12-30-27(34)24-15-33-14-20-8-9-21(11-23(20)29-13-26(33)32-24)35-16-19-6-4-3-5-7-19/h3-11,15,29H,12-14,16H2,1-2H3,(H2,28,31)(H,30,34). The molecule has 0 radical (unpaired) electrons. The number of nitrogens with zero attached hydrogens (tertiary/aromatic N) is 3.